The highest BCUT2D eigenvalue weighted by Crippen LogP contribution is 2.15. The molecule has 0 heterocycles. The molecule has 0 atom stereocenters. The summed E-state index contributed by atoms with van der Waals surface area (Å²) in [5, 5.41) is 1.05. The van der Waals surface area contributed by atoms with E-state index in [4.69, 9.17) is 11.6 Å². The molecule has 12 heavy (non-hydrogen) atoms. The van der Waals surface area contributed by atoms with Crippen LogP contribution in [0.3, 0.4) is 0 Å². The SMILES string of the molecule is O=C(CBr)Cc1ccccc1Cl. The molecule has 0 aliphatic heterocycles. The Bertz CT molecular complexity index is 286. The van der Waals surface area contributed by atoms with Crippen LogP contribution in [0.1, 0.15) is 5.56 Å². The molecule has 0 saturated carbocycles. The van der Waals surface area contributed by atoms with Crippen LogP contribution in [0.4, 0.5) is 0 Å². The van der Waals surface area contributed by atoms with E-state index in [9.17, 15) is 4.79 Å². The first-order chi connectivity index (χ1) is 5.74. The summed E-state index contributed by atoms with van der Waals surface area (Å²) in [6.07, 6.45) is 0.408. The maximum Gasteiger partial charge on any atom is 0.147 e. The number of hydrogen-bond acceptors (Lipinski definition) is 1. The number of ketones is 1. The second kappa shape index (κ2) is 4.63. The minimum Gasteiger partial charge on any atom is -0.298 e. The zero-order valence-electron chi connectivity index (χ0n) is 6.39. The van der Waals surface area contributed by atoms with E-state index in [2.05, 4.69) is 15.9 Å². The van der Waals surface area contributed by atoms with Crippen molar-refractivity contribution in [2.75, 3.05) is 5.33 Å². The number of alkyl halides is 1. The number of halogens is 2. The molecule has 1 nitrogen and oxygen atoms in total. The molecule has 0 aliphatic rings. The van der Waals surface area contributed by atoms with Gasteiger partial charge in [-0.15, -0.1) is 0 Å². The van der Waals surface area contributed by atoms with Gasteiger partial charge in [-0.1, -0.05) is 45.7 Å². The molecule has 0 N–H and O–H groups in total. The van der Waals surface area contributed by atoms with Crippen molar-refractivity contribution in [1.82, 2.24) is 0 Å². The number of benzene rings is 1. The summed E-state index contributed by atoms with van der Waals surface area (Å²) >= 11 is 8.96. The number of Topliss-reactive ketones (excluding diaryl/α,β-unsaturated/α-hetero) is 1. The summed E-state index contributed by atoms with van der Waals surface area (Å²) in [4.78, 5) is 11.0. The van der Waals surface area contributed by atoms with Gasteiger partial charge in [0.25, 0.3) is 0 Å². The first kappa shape index (κ1) is 9.75. The molecule has 1 aromatic carbocycles. The fraction of sp³-hybridized carbons (Fsp3) is 0.222. The lowest BCUT2D eigenvalue weighted by Gasteiger charge is -2.00. The van der Waals surface area contributed by atoms with Crippen LogP contribution in [0.25, 0.3) is 0 Å². The minimum absolute atomic E-state index is 0.142. The van der Waals surface area contributed by atoms with Crippen LogP contribution in [0.5, 0.6) is 0 Å². The lowest BCUT2D eigenvalue weighted by atomic mass is 10.1. The predicted octanol–water partition coefficient (Wildman–Crippen LogP) is 2.85. The third-order valence-electron chi connectivity index (χ3n) is 1.49. The van der Waals surface area contributed by atoms with Gasteiger partial charge in [0.1, 0.15) is 5.78 Å². The Morgan fingerprint density at radius 3 is 2.67 bits per heavy atom. The van der Waals surface area contributed by atoms with Gasteiger partial charge >= 0.3 is 0 Å². The van der Waals surface area contributed by atoms with Crippen LogP contribution in [0, 0.1) is 0 Å². The van der Waals surface area contributed by atoms with Gasteiger partial charge in [-0.25, -0.2) is 0 Å². The van der Waals surface area contributed by atoms with Crippen LogP contribution in [-0.4, -0.2) is 11.1 Å². The molecule has 1 aromatic rings. The van der Waals surface area contributed by atoms with E-state index < -0.39 is 0 Å². The second-order valence-corrected chi connectivity index (χ2v) is 3.41. The summed E-state index contributed by atoms with van der Waals surface area (Å²) in [7, 11) is 0. The lowest BCUT2D eigenvalue weighted by molar-refractivity contribution is -0.115. The normalized spacial score (nSPS) is 9.83. The maximum absolute atomic E-state index is 11.0. The fourth-order valence-corrected chi connectivity index (χ4v) is 1.30. The van der Waals surface area contributed by atoms with E-state index in [0.29, 0.717) is 16.8 Å². The molecule has 3 heteroatoms. The van der Waals surface area contributed by atoms with E-state index in [1.807, 2.05) is 18.2 Å². The average Bonchev–Trinajstić information content (AvgIpc) is 2.09. The van der Waals surface area contributed by atoms with Gasteiger partial charge in [-0.3, -0.25) is 4.79 Å². The summed E-state index contributed by atoms with van der Waals surface area (Å²) < 4.78 is 0. The molecule has 0 radical (unpaired) electrons. The highest BCUT2D eigenvalue weighted by atomic mass is 79.9. The monoisotopic (exact) mass is 246 g/mol. The Morgan fingerprint density at radius 2 is 2.08 bits per heavy atom. The number of rotatable bonds is 3. The highest BCUT2D eigenvalue weighted by Gasteiger charge is 2.04. The summed E-state index contributed by atoms with van der Waals surface area (Å²) in [6.45, 7) is 0. The first-order valence-corrected chi connectivity index (χ1v) is 5.05. The topological polar surface area (TPSA) is 17.1 Å². The smallest absolute Gasteiger partial charge is 0.147 e. The molecular weight excluding hydrogens is 239 g/mol. The number of carbonyl (C=O) groups excluding carboxylic acids is 1. The number of hydrogen-bond donors (Lipinski definition) is 0. The largest absolute Gasteiger partial charge is 0.298 e. The third kappa shape index (κ3) is 2.61. The molecular formula is C9H8BrClO. The van der Waals surface area contributed by atoms with Gasteiger partial charge in [0.2, 0.25) is 0 Å². The summed E-state index contributed by atoms with van der Waals surface area (Å²) in [5.74, 6) is 0.142. The molecule has 0 saturated heterocycles. The van der Waals surface area contributed by atoms with Crippen LogP contribution in [0.15, 0.2) is 24.3 Å². The van der Waals surface area contributed by atoms with Crippen LogP contribution in [-0.2, 0) is 11.2 Å². The molecule has 1 rings (SSSR count). The Labute approximate surface area is 84.9 Å². The Balaban J connectivity index is 2.75. The third-order valence-corrected chi connectivity index (χ3v) is 2.49. The molecule has 0 unspecified atom stereocenters. The fourth-order valence-electron chi connectivity index (χ4n) is 0.901. The van der Waals surface area contributed by atoms with Gasteiger partial charge in [-0.2, -0.15) is 0 Å². The quantitative estimate of drug-likeness (QED) is 0.751. The van der Waals surface area contributed by atoms with E-state index >= 15 is 0 Å². The van der Waals surface area contributed by atoms with E-state index in [0.717, 1.165) is 5.56 Å². The van der Waals surface area contributed by atoms with Gasteiger partial charge in [-0.05, 0) is 11.6 Å². The van der Waals surface area contributed by atoms with Gasteiger partial charge in [0, 0.05) is 11.4 Å². The highest BCUT2D eigenvalue weighted by molar-refractivity contribution is 9.09. The first-order valence-electron chi connectivity index (χ1n) is 3.55. The molecule has 0 spiro atoms. The molecule has 0 bridgehead atoms. The molecule has 64 valence electrons. The van der Waals surface area contributed by atoms with Crippen LogP contribution < -0.4 is 0 Å². The Hall–Kier alpha value is -0.340. The Morgan fingerprint density at radius 1 is 1.42 bits per heavy atom. The van der Waals surface area contributed by atoms with Crippen molar-refractivity contribution >= 4 is 33.3 Å². The zero-order chi connectivity index (χ0) is 8.97. The molecule has 0 fully saturated rings. The average molecular weight is 248 g/mol. The van der Waals surface area contributed by atoms with Gasteiger partial charge in [0.15, 0.2) is 0 Å². The van der Waals surface area contributed by atoms with E-state index in [-0.39, 0.29) is 5.78 Å². The van der Waals surface area contributed by atoms with Crippen LogP contribution >= 0.6 is 27.5 Å². The second-order valence-electron chi connectivity index (χ2n) is 2.44. The van der Waals surface area contributed by atoms with Crippen molar-refractivity contribution in [3.63, 3.8) is 0 Å². The van der Waals surface area contributed by atoms with Crippen molar-refractivity contribution in [2.45, 2.75) is 6.42 Å². The molecule has 0 aliphatic carbocycles. The van der Waals surface area contributed by atoms with Crippen molar-refractivity contribution in [2.24, 2.45) is 0 Å². The van der Waals surface area contributed by atoms with Crippen molar-refractivity contribution in [3.05, 3.63) is 34.9 Å². The summed E-state index contributed by atoms with van der Waals surface area (Å²) in [6, 6.07) is 7.38. The van der Waals surface area contributed by atoms with Gasteiger partial charge < -0.3 is 0 Å². The zero-order valence-corrected chi connectivity index (χ0v) is 8.73. The molecule has 0 aromatic heterocycles. The Kier molecular flexibility index (Phi) is 3.76. The van der Waals surface area contributed by atoms with E-state index in [1.165, 1.54) is 0 Å². The maximum atomic E-state index is 11.0. The van der Waals surface area contributed by atoms with E-state index in [1.54, 1.807) is 6.07 Å². The summed E-state index contributed by atoms with van der Waals surface area (Å²) in [5.41, 5.74) is 0.892. The van der Waals surface area contributed by atoms with Crippen molar-refractivity contribution < 1.29 is 4.79 Å². The minimum atomic E-state index is 0.142. The number of carbonyl (C=O) groups is 1. The van der Waals surface area contributed by atoms with Crippen LogP contribution in [0.2, 0.25) is 5.02 Å². The van der Waals surface area contributed by atoms with Crippen molar-refractivity contribution in [3.8, 4) is 0 Å². The van der Waals surface area contributed by atoms with Gasteiger partial charge in [0.05, 0.1) is 5.33 Å². The predicted molar refractivity (Wildman–Crippen MR) is 54.0 cm³/mol. The lowest BCUT2D eigenvalue weighted by Crippen LogP contribution is -2.03. The molecule has 0 amide bonds. The standard InChI is InChI=1S/C9H8BrClO/c10-6-8(12)5-7-3-1-2-4-9(7)11/h1-4H,5-6H2. The van der Waals surface area contributed by atoms with Crippen molar-refractivity contribution in [1.29, 1.82) is 0 Å².